The molecule has 11 heteroatoms. The number of alkyl halides is 2. The van der Waals surface area contributed by atoms with Crippen molar-refractivity contribution in [3.8, 4) is 0 Å². The predicted molar refractivity (Wildman–Crippen MR) is 116 cm³/mol. The predicted octanol–water partition coefficient (Wildman–Crippen LogP) is 3.64. The highest BCUT2D eigenvalue weighted by molar-refractivity contribution is 7.89. The summed E-state index contributed by atoms with van der Waals surface area (Å²) in [5.41, 5.74) is -0.397. The Bertz CT molecular complexity index is 880. The van der Waals surface area contributed by atoms with E-state index < -0.39 is 46.6 Å². The van der Waals surface area contributed by atoms with Crippen LogP contribution in [0.2, 0.25) is 0 Å². The normalized spacial score (nSPS) is 16.4. The van der Waals surface area contributed by atoms with E-state index in [1.54, 1.807) is 20.8 Å². The maximum Gasteiger partial charge on any atom is 0.408 e. The van der Waals surface area contributed by atoms with Crippen LogP contribution in [0.15, 0.2) is 29.2 Å². The third kappa shape index (κ3) is 8.34. The Kier molecular flexibility index (Phi) is 8.97. The zero-order chi connectivity index (χ0) is 23.9. The number of carbonyl (C=O) groups is 2. The van der Waals surface area contributed by atoms with Gasteiger partial charge in [0.1, 0.15) is 11.6 Å². The third-order valence-electron chi connectivity index (χ3n) is 4.94. The van der Waals surface area contributed by atoms with Gasteiger partial charge in [-0.05, 0) is 63.8 Å². The summed E-state index contributed by atoms with van der Waals surface area (Å²) in [7, 11) is -4.08. The fraction of sp³-hybridized carbons (Fsp3) is 0.619. The van der Waals surface area contributed by atoms with Gasteiger partial charge in [0.2, 0.25) is 15.9 Å². The molecule has 0 saturated heterocycles. The molecule has 1 fully saturated rings. The molecule has 1 aliphatic carbocycles. The molecule has 180 valence electrons. The van der Waals surface area contributed by atoms with Crippen molar-refractivity contribution >= 4 is 27.7 Å². The number of anilines is 1. The molecular weight excluding hydrogens is 444 g/mol. The SMILES string of the molecule is CC(C)(C)OC(=O)N[C@H](C(=O)Nc1ccc(S(=O)(=O)NCC(F)F)cc1)C1CCCCC1. The van der Waals surface area contributed by atoms with Crippen molar-refractivity contribution in [2.45, 2.75) is 75.8 Å². The van der Waals surface area contributed by atoms with E-state index in [1.807, 2.05) is 4.72 Å². The summed E-state index contributed by atoms with van der Waals surface area (Å²) in [6, 6.07) is 4.34. The number of alkyl carbamates (subject to hydrolysis) is 1. The molecule has 0 aromatic heterocycles. The van der Waals surface area contributed by atoms with Gasteiger partial charge in [0.25, 0.3) is 6.43 Å². The fourth-order valence-corrected chi connectivity index (χ4v) is 4.50. The van der Waals surface area contributed by atoms with Crippen LogP contribution in [-0.2, 0) is 19.6 Å². The minimum atomic E-state index is -4.08. The van der Waals surface area contributed by atoms with E-state index in [0.717, 1.165) is 32.1 Å². The molecule has 3 N–H and O–H groups in total. The van der Waals surface area contributed by atoms with Crippen LogP contribution in [0.1, 0.15) is 52.9 Å². The Labute approximate surface area is 187 Å². The van der Waals surface area contributed by atoms with Crippen LogP contribution in [0, 0.1) is 5.92 Å². The van der Waals surface area contributed by atoms with Crippen molar-refractivity contribution in [3.05, 3.63) is 24.3 Å². The largest absolute Gasteiger partial charge is 0.444 e. The number of halogens is 2. The van der Waals surface area contributed by atoms with Crippen molar-refractivity contribution in [2.75, 3.05) is 11.9 Å². The molecule has 1 aliphatic rings. The molecule has 2 rings (SSSR count). The van der Waals surface area contributed by atoms with Gasteiger partial charge in [-0.25, -0.2) is 26.7 Å². The van der Waals surface area contributed by atoms with Crippen LogP contribution in [0.4, 0.5) is 19.3 Å². The highest BCUT2D eigenvalue weighted by Gasteiger charge is 2.32. The molecular formula is C21H31F2N3O5S. The molecule has 1 saturated carbocycles. The van der Waals surface area contributed by atoms with Gasteiger partial charge in [0, 0.05) is 5.69 Å². The zero-order valence-electron chi connectivity index (χ0n) is 18.5. The molecule has 0 aliphatic heterocycles. The van der Waals surface area contributed by atoms with E-state index in [2.05, 4.69) is 10.6 Å². The summed E-state index contributed by atoms with van der Waals surface area (Å²) < 4.78 is 55.7. The molecule has 8 nitrogen and oxygen atoms in total. The highest BCUT2D eigenvalue weighted by atomic mass is 32.2. The molecule has 0 spiro atoms. The lowest BCUT2D eigenvalue weighted by molar-refractivity contribution is -0.119. The number of hydrogen-bond donors (Lipinski definition) is 3. The zero-order valence-corrected chi connectivity index (χ0v) is 19.3. The van der Waals surface area contributed by atoms with E-state index in [4.69, 9.17) is 4.74 Å². The first-order chi connectivity index (χ1) is 14.9. The van der Waals surface area contributed by atoms with Crippen LogP contribution >= 0.6 is 0 Å². The highest BCUT2D eigenvalue weighted by Crippen LogP contribution is 2.27. The first-order valence-corrected chi connectivity index (χ1v) is 12.0. The minimum absolute atomic E-state index is 0.0468. The molecule has 0 bridgehead atoms. The lowest BCUT2D eigenvalue weighted by Crippen LogP contribution is -2.50. The Morgan fingerprint density at radius 2 is 1.69 bits per heavy atom. The first-order valence-electron chi connectivity index (χ1n) is 10.6. The number of hydrogen-bond acceptors (Lipinski definition) is 5. The standard InChI is InChI=1S/C21H31F2N3O5S/c1-21(2,3)31-20(28)26-18(14-7-5-4-6-8-14)19(27)25-15-9-11-16(12-10-15)32(29,30)24-13-17(22)23/h9-12,14,17-18,24H,4-8,13H2,1-3H3,(H,25,27)(H,26,28)/t18-/m0/s1. The number of amides is 2. The Hall–Kier alpha value is -2.27. The average Bonchev–Trinajstić information content (AvgIpc) is 2.70. The van der Waals surface area contributed by atoms with Crippen molar-refractivity contribution in [3.63, 3.8) is 0 Å². The molecule has 1 aromatic carbocycles. The molecule has 1 aromatic rings. The number of carbonyl (C=O) groups excluding carboxylic acids is 2. The van der Waals surface area contributed by atoms with Crippen LogP contribution in [0.5, 0.6) is 0 Å². The summed E-state index contributed by atoms with van der Waals surface area (Å²) in [4.78, 5) is 25.1. The summed E-state index contributed by atoms with van der Waals surface area (Å²) in [6.45, 7) is 4.20. The second kappa shape index (κ2) is 11.0. The van der Waals surface area contributed by atoms with Gasteiger partial charge >= 0.3 is 6.09 Å². The smallest absolute Gasteiger partial charge is 0.408 e. The molecule has 32 heavy (non-hydrogen) atoms. The quantitative estimate of drug-likeness (QED) is 0.531. The van der Waals surface area contributed by atoms with Gasteiger partial charge in [-0.1, -0.05) is 19.3 Å². The second-order valence-corrected chi connectivity index (χ2v) is 10.5. The maximum absolute atomic E-state index is 13.0. The lowest BCUT2D eigenvalue weighted by Gasteiger charge is -2.31. The average molecular weight is 476 g/mol. The molecule has 0 heterocycles. The van der Waals surface area contributed by atoms with E-state index in [1.165, 1.54) is 24.3 Å². The van der Waals surface area contributed by atoms with E-state index in [-0.39, 0.29) is 10.8 Å². The van der Waals surface area contributed by atoms with Crippen molar-refractivity contribution in [1.82, 2.24) is 10.0 Å². The first kappa shape index (κ1) is 26.0. The van der Waals surface area contributed by atoms with Gasteiger partial charge in [-0.3, -0.25) is 4.79 Å². The van der Waals surface area contributed by atoms with Crippen molar-refractivity contribution in [1.29, 1.82) is 0 Å². The van der Waals surface area contributed by atoms with Crippen LogP contribution in [0.3, 0.4) is 0 Å². The summed E-state index contributed by atoms with van der Waals surface area (Å²) in [5, 5.41) is 5.37. The van der Waals surface area contributed by atoms with Gasteiger partial charge in [-0.15, -0.1) is 0 Å². The van der Waals surface area contributed by atoms with Gasteiger partial charge in [0.15, 0.2) is 0 Å². The van der Waals surface area contributed by atoms with Crippen LogP contribution < -0.4 is 15.4 Å². The van der Waals surface area contributed by atoms with E-state index in [9.17, 15) is 26.8 Å². The molecule has 2 amide bonds. The molecule has 0 unspecified atom stereocenters. The van der Waals surface area contributed by atoms with Crippen LogP contribution in [-0.4, -0.2) is 45.0 Å². The number of rotatable bonds is 8. The Balaban J connectivity index is 2.10. The topological polar surface area (TPSA) is 114 Å². The Morgan fingerprint density at radius 3 is 2.22 bits per heavy atom. The number of ether oxygens (including phenoxy) is 1. The number of benzene rings is 1. The van der Waals surface area contributed by atoms with Gasteiger partial charge in [-0.2, -0.15) is 0 Å². The van der Waals surface area contributed by atoms with E-state index >= 15 is 0 Å². The second-order valence-electron chi connectivity index (χ2n) is 8.78. The number of sulfonamides is 1. The van der Waals surface area contributed by atoms with Crippen molar-refractivity contribution in [2.24, 2.45) is 5.92 Å². The Morgan fingerprint density at radius 1 is 1.09 bits per heavy atom. The summed E-state index contributed by atoms with van der Waals surface area (Å²) in [5.74, 6) is -0.483. The van der Waals surface area contributed by atoms with Gasteiger partial charge < -0.3 is 15.4 Å². The minimum Gasteiger partial charge on any atom is -0.444 e. The lowest BCUT2D eigenvalue weighted by atomic mass is 9.83. The number of nitrogens with one attached hydrogen (secondary N) is 3. The monoisotopic (exact) mass is 475 g/mol. The maximum atomic E-state index is 13.0. The van der Waals surface area contributed by atoms with Crippen molar-refractivity contribution < 1.29 is 31.5 Å². The summed E-state index contributed by atoms with van der Waals surface area (Å²) in [6.07, 6.45) is 1.09. The molecule has 1 atom stereocenters. The summed E-state index contributed by atoms with van der Waals surface area (Å²) >= 11 is 0. The fourth-order valence-electron chi connectivity index (χ4n) is 3.49. The third-order valence-corrected chi connectivity index (χ3v) is 6.38. The van der Waals surface area contributed by atoms with E-state index in [0.29, 0.717) is 5.69 Å². The van der Waals surface area contributed by atoms with Crippen LogP contribution in [0.25, 0.3) is 0 Å². The molecule has 0 radical (unpaired) electrons. The van der Waals surface area contributed by atoms with Gasteiger partial charge in [0.05, 0.1) is 11.4 Å².